The van der Waals surface area contributed by atoms with Crippen molar-refractivity contribution in [2.45, 2.75) is 6.92 Å². The molecule has 0 radical (unpaired) electrons. The first-order chi connectivity index (χ1) is 8.70. The Labute approximate surface area is 116 Å². The predicted molar refractivity (Wildman–Crippen MR) is 78.8 cm³/mol. The molecule has 0 aromatic heterocycles. The average Bonchev–Trinajstić information content (AvgIpc) is 2.39. The van der Waals surface area contributed by atoms with Crippen molar-refractivity contribution < 1.29 is 0 Å². The van der Waals surface area contributed by atoms with Gasteiger partial charge in [-0.05, 0) is 41.8 Å². The number of benzene rings is 2. The van der Waals surface area contributed by atoms with E-state index in [1.165, 1.54) is 5.56 Å². The Morgan fingerprint density at radius 2 is 1.78 bits per heavy atom. The molecule has 0 atom stereocenters. The van der Waals surface area contributed by atoms with Gasteiger partial charge in [-0.1, -0.05) is 52.3 Å². The van der Waals surface area contributed by atoms with Gasteiger partial charge in [0.2, 0.25) is 0 Å². The third-order valence-corrected chi connectivity index (χ3v) is 3.29. The normalized spacial score (nSPS) is 11.1. The molecule has 0 heterocycles. The van der Waals surface area contributed by atoms with Crippen molar-refractivity contribution >= 4 is 27.6 Å². The fourth-order valence-electron chi connectivity index (χ4n) is 1.71. The molecule has 2 aromatic carbocycles. The summed E-state index contributed by atoms with van der Waals surface area (Å²) in [6.45, 7) is 2.04. The largest absolute Gasteiger partial charge is 0.192 e. The molecule has 0 aliphatic rings. The van der Waals surface area contributed by atoms with Crippen LogP contribution in [0, 0.1) is 18.3 Å². The van der Waals surface area contributed by atoms with Crippen LogP contribution in [0.2, 0.25) is 0 Å². The summed E-state index contributed by atoms with van der Waals surface area (Å²) < 4.78 is 1.01. The van der Waals surface area contributed by atoms with Crippen LogP contribution in [-0.4, -0.2) is 0 Å². The van der Waals surface area contributed by atoms with Gasteiger partial charge in [0.15, 0.2) is 0 Å². The zero-order valence-electron chi connectivity index (χ0n) is 10.0. The van der Waals surface area contributed by atoms with Crippen LogP contribution in [0.15, 0.2) is 53.0 Å². The fourth-order valence-corrected chi connectivity index (χ4v) is 1.98. The van der Waals surface area contributed by atoms with Gasteiger partial charge in [0.25, 0.3) is 0 Å². The maximum absolute atomic E-state index is 9.27. The predicted octanol–water partition coefficient (Wildman–Crippen LogP) is 4.82. The first kappa shape index (κ1) is 12.6. The lowest BCUT2D eigenvalue weighted by atomic mass is 10.0. The van der Waals surface area contributed by atoms with E-state index in [-0.39, 0.29) is 0 Å². The van der Waals surface area contributed by atoms with Crippen LogP contribution < -0.4 is 0 Å². The topological polar surface area (TPSA) is 23.8 Å². The summed E-state index contributed by atoms with van der Waals surface area (Å²) in [5, 5.41) is 9.27. The lowest BCUT2D eigenvalue weighted by Crippen LogP contribution is -1.84. The van der Waals surface area contributed by atoms with Gasteiger partial charge < -0.3 is 0 Å². The standard InChI is InChI=1S/C16H12BrN/c1-12-4-2-3-5-14(12)10-15(11-18)13-6-8-16(17)9-7-13/h2-10H,1H3/b15-10+. The number of hydrogen-bond acceptors (Lipinski definition) is 1. The van der Waals surface area contributed by atoms with Crippen LogP contribution in [0.25, 0.3) is 11.6 Å². The molecule has 0 aliphatic carbocycles. The minimum absolute atomic E-state index is 0.678. The Morgan fingerprint density at radius 1 is 1.11 bits per heavy atom. The molecular formula is C16H12BrN. The molecular weight excluding hydrogens is 286 g/mol. The van der Waals surface area contributed by atoms with Gasteiger partial charge in [-0.15, -0.1) is 0 Å². The molecule has 0 fully saturated rings. The minimum Gasteiger partial charge on any atom is -0.192 e. The Bertz CT molecular complexity index is 618. The summed E-state index contributed by atoms with van der Waals surface area (Å²) in [5.41, 5.74) is 3.86. The molecule has 0 bridgehead atoms. The summed E-state index contributed by atoms with van der Waals surface area (Å²) in [5.74, 6) is 0. The Balaban J connectivity index is 2.44. The third kappa shape index (κ3) is 2.88. The van der Waals surface area contributed by atoms with E-state index in [9.17, 15) is 5.26 Å². The van der Waals surface area contributed by atoms with E-state index in [1.54, 1.807) is 0 Å². The maximum Gasteiger partial charge on any atom is 0.0998 e. The monoisotopic (exact) mass is 297 g/mol. The van der Waals surface area contributed by atoms with Crippen LogP contribution in [0.1, 0.15) is 16.7 Å². The van der Waals surface area contributed by atoms with Gasteiger partial charge in [0.05, 0.1) is 11.6 Å². The minimum atomic E-state index is 0.678. The second-order valence-corrected chi connectivity index (χ2v) is 4.95. The van der Waals surface area contributed by atoms with Crippen molar-refractivity contribution in [3.05, 3.63) is 69.7 Å². The lowest BCUT2D eigenvalue weighted by molar-refractivity contribution is 1.44. The fraction of sp³-hybridized carbons (Fsp3) is 0.0625. The maximum atomic E-state index is 9.27. The van der Waals surface area contributed by atoms with Crippen molar-refractivity contribution in [2.24, 2.45) is 0 Å². The van der Waals surface area contributed by atoms with Crippen molar-refractivity contribution in [1.82, 2.24) is 0 Å². The quantitative estimate of drug-likeness (QED) is 0.576. The van der Waals surface area contributed by atoms with E-state index < -0.39 is 0 Å². The molecule has 0 saturated heterocycles. The summed E-state index contributed by atoms with van der Waals surface area (Å²) in [6.07, 6.45) is 1.93. The Kier molecular flexibility index (Phi) is 3.96. The molecule has 0 saturated carbocycles. The van der Waals surface area contributed by atoms with Crippen LogP contribution in [0.5, 0.6) is 0 Å². The molecule has 18 heavy (non-hydrogen) atoms. The molecule has 2 heteroatoms. The first-order valence-corrected chi connectivity index (χ1v) is 6.43. The molecule has 88 valence electrons. The molecule has 0 N–H and O–H groups in total. The molecule has 0 unspecified atom stereocenters. The van der Waals surface area contributed by atoms with Gasteiger partial charge in [-0.2, -0.15) is 5.26 Å². The number of rotatable bonds is 2. The molecule has 0 aliphatic heterocycles. The Morgan fingerprint density at radius 3 is 2.39 bits per heavy atom. The van der Waals surface area contributed by atoms with E-state index in [4.69, 9.17) is 0 Å². The third-order valence-electron chi connectivity index (χ3n) is 2.76. The van der Waals surface area contributed by atoms with Crippen LogP contribution in [-0.2, 0) is 0 Å². The number of halogens is 1. The van der Waals surface area contributed by atoms with Crippen molar-refractivity contribution in [1.29, 1.82) is 5.26 Å². The highest BCUT2D eigenvalue weighted by Gasteiger charge is 2.02. The van der Waals surface area contributed by atoms with Crippen molar-refractivity contribution in [2.75, 3.05) is 0 Å². The first-order valence-electron chi connectivity index (χ1n) is 5.64. The summed E-state index contributed by atoms with van der Waals surface area (Å²) >= 11 is 3.39. The highest BCUT2D eigenvalue weighted by Crippen LogP contribution is 2.21. The molecule has 2 aromatic rings. The smallest absolute Gasteiger partial charge is 0.0998 e. The average molecular weight is 298 g/mol. The zero-order chi connectivity index (χ0) is 13.0. The van der Waals surface area contributed by atoms with Crippen molar-refractivity contribution in [3.8, 4) is 6.07 Å². The molecule has 2 rings (SSSR count). The zero-order valence-corrected chi connectivity index (χ0v) is 11.6. The number of allylic oxidation sites excluding steroid dienone is 1. The summed E-state index contributed by atoms with van der Waals surface area (Å²) in [7, 11) is 0. The number of aryl methyl sites for hydroxylation is 1. The highest BCUT2D eigenvalue weighted by molar-refractivity contribution is 9.10. The van der Waals surface area contributed by atoms with Gasteiger partial charge in [-0.25, -0.2) is 0 Å². The Hall–Kier alpha value is -1.85. The van der Waals surface area contributed by atoms with E-state index in [1.807, 2.05) is 61.5 Å². The van der Waals surface area contributed by atoms with Crippen LogP contribution in [0.4, 0.5) is 0 Å². The highest BCUT2D eigenvalue weighted by atomic mass is 79.9. The summed E-state index contributed by atoms with van der Waals surface area (Å²) in [6, 6.07) is 18.1. The molecule has 0 spiro atoms. The molecule has 1 nitrogen and oxygen atoms in total. The summed E-state index contributed by atoms with van der Waals surface area (Å²) in [4.78, 5) is 0. The van der Waals surface area contributed by atoms with Gasteiger partial charge >= 0.3 is 0 Å². The van der Waals surface area contributed by atoms with Gasteiger partial charge in [0, 0.05) is 4.47 Å². The van der Waals surface area contributed by atoms with Crippen LogP contribution in [0.3, 0.4) is 0 Å². The van der Waals surface area contributed by atoms with Gasteiger partial charge in [0.1, 0.15) is 0 Å². The van der Waals surface area contributed by atoms with E-state index >= 15 is 0 Å². The number of nitriles is 1. The van der Waals surface area contributed by atoms with E-state index in [0.717, 1.165) is 15.6 Å². The number of hydrogen-bond donors (Lipinski definition) is 0. The second-order valence-electron chi connectivity index (χ2n) is 4.03. The van der Waals surface area contributed by atoms with E-state index in [2.05, 4.69) is 22.0 Å². The van der Waals surface area contributed by atoms with Crippen molar-refractivity contribution in [3.63, 3.8) is 0 Å². The lowest BCUT2D eigenvalue weighted by Gasteiger charge is -2.02. The number of nitrogens with zero attached hydrogens (tertiary/aromatic N) is 1. The molecule has 0 amide bonds. The second kappa shape index (κ2) is 5.66. The van der Waals surface area contributed by atoms with E-state index in [0.29, 0.717) is 5.57 Å². The van der Waals surface area contributed by atoms with Gasteiger partial charge in [-0.3, -0.25) is 0 Å². The van der Waals surface area contributed by atoms with Crippen LogP contribution >= 0.6 is 15.9 Å². The SMILES string of the molecule is Cc1ccccc1/C=C(\C#N)c1ccc(Br)cc1.